The summed E-state index contributed by atoms with van der Waals surface area (Å²) in [4.78, 5) is 11.6. The van der Waals surface area contributed by atoms with Crippen LogP contribution in [0.25, 0.3) is 0 Å². The number of hydrogen-bond donors (Lipinski definition) is 2. The number of amides is 1. The molecule has 0 aliphatic rings. The van der Waals surface area contributed by atoms with Gasteiger partial charge in [0.15, 0.2) is 0 Å². The Morgan fingerprint density at radius 2 is 2.12 bits per heavy atom. The molecule has 0 saturated carbocycles. The molecule has 3 N–H and O–H groups in total. The zero-order valence-corrected chi connectivity index (χ0v) is 9.88. The van der Waals surface area contributed by atoms with Gasteiger partial charge in [-0.05, 0) is 24.1 Å². The average Bonchev–Trinajstić information content (AvgIpc) is 2.22. The minimum Gasteiger partial charge on any atom is -0.325 e. The highest BCUT2D eigenvalue weighted by molar-refractivity contribution is 6.30. The molecule has 0 aromatic heterocycles. The van der Waals surface area contributed by atoms with E-state index in [0.29, 0.717) is 5.69 Å². The first-order valence-electron chi connectivity index (χ1n) is 4.93. The molecule has 0 aliphatic heterocycles. The molecular weight excluding hydrogens is 231 g/mol. The maximum atomic E-state index is 13.1. The lowest BCUT2D eigenvalue weighted by Crippen LogP contribution is -2.39. The van der Waals surface area contributed by atoms with E-state index < -0.39 is 11.9 Å². The molecule has 1 aromatic rings. The summed E-state index contributed by atoms with van der Waals surface area (Å²) in [6.07, 6.45) is 0. The van der Waals surface area contributed by atoms with Crippen molar-refractivity contribution in [3.05, 3.63) is 29.0 Å². The lowest BCUT2D eigenvalue weighted by Gasteiger charge is -2.15. The molecule has 0 aliphatic carbocycles. The van der Waals surface area contributed by atoms with Crippen molar-refractivity contribution in [3.8, 4) is 0 Å². The summed E-state index contributed by atoms with van der Waals surface area (Å²) in [5, 5.41) is 2.55. The molecular formula is C11H14ClFN2O. The molecule has 88 valence electrons. The highest BCUT2D eigenvalue weighted by Crippen LogP contribution is 2.18. The van der Waals surface area contributed by atoms with Crippen LogP contribution in [0, 0.1) is 11.7 Å². The first kappa shape index (κ1) is 12.9. The number of carbonyl (C=O) groups is 1. The van der Waals surface area contributed by atoms with Crippen LogP contribution in [0.15, 0.2) is 18.2 Å². The molecule has 5 heteroatoms. The number of halogens is 2. The highest BCUT2D eigenvalue weighted by Gasteiger charge is 2.17. The summed E-state index contributed by atoms with van der Waals surface area (Å²) in [5.74, 6) is -0.883. The zero-order valence-electron chi connectivity index (χ0n) is 9.13. The first-order chi connectivity index (χ1) is 7.41. The highest BCUT2D eigenvalue weighted by atomic mass is 35.5. The van der Waals surface area contributed by atoms with Crippen LogP contribution in [0.3, 0.4) is 0 Å². The van der Waals surface area contributed by atoms with Crippen LogP contribution in [-0.2, 0) is 4.79 Å². The summed E-state index contributed by atoms with van der Waals surface area (Å²) in [6.45, 7) is 3.68. The summed E-state index contributed by atoms with van der Waals surface area (Å²) in [5.41, 5.74) is 5.99. The molecule has 0 heterocycles. The molecule has 0 radical (unpaired) electrons. The second kappa shape index (κ2) is 5.27. The van der Waals surface area contributed by atoms with E-state index in [0.717, 1.165) is 6.07 Å². The first-order valence-corrected chi connectivity index (χ1v) is 5.31. The molecule has 0 spiro atoms. The van der Waals surface area contributed by atoms with E-state index >= 15 is 0 Å². The van der Waals surface area contributed by atoms with E-state index in [4.69, 9.17) is 17.3 Å². The normalized spacial score (nSPS) is 12.6. The van der Waals surface area contributed by atoms with Crippen LogP contribution < -0.4 is 11.1 Å². The predicted molar refractivity (Wildman–Crippen MR) is 62.9 cm³/mol. The Kier molecular flexibility index (Phi) is 4.26. The summed E-state index contributed by atoms with van der Waals surface area (Å²) in [6, 6.07) is 3.45. The van der Waals surface area contributed by atoms with Gasteiger partial charge in [-0.1, -0.05) is 25.4 Å². The van der Waals surface area contributed by atoms with E-state index in [1.807, 2.05) is 13.8 Å². The van der Waals surface area contributed by atoms with E-state index in [-0.39, 0.29) is 16.8 Å². The average molecular weight is 245 g/mol. The van der Waals surface area contributed by atoms with Gasteiger partial charge in [0.05, 0.1) is 11.1 Å². The molecule has 0 saturated heterocycles. The molecule has 0 unspecified atom stereocenters. The molecule has 3 nitrogen and oxygen atoms in total. The van der Waals surface area contributed by atoms with E-state index in [1.54, 1.807) is 0 Å². The van der Waals surface area contributed by atoms with Crippen molar-refractivity contribution in [2.45, 2.75) is 19.9 Å². The molecule has 0 bridgehead atoms. The number of anilines is 1. The number of rotatable bonds is 3. The van der Waals surface area contributed by atoms with Crippen LogP contribution >= 0.6 is 11.6 Å². The van der Waals surface area contributed by atoms with Crippen molar-refractivity contribution in [3.63, 3.8) is 0 Å². The summed E-state index contributed by atoms with van der Waals surface area (Å²) < 4.78 is 13.1. The summed E-state index contributed by atoms with van der Waals surface area (Å²) >= 11 is 5.52. The van der Waals surface area contributed by atoms with E-state index in [1.165, 1.54) is 12.1 Å². The number of hydrogen-bond acceptors (Lipinski definition) is 2. The van der Waals surface area contributed by atoms with Gasteiger partial charge < -0.3 is 11.1 Å². The van der Waals surface area contributed by atoms with Crippen LogP contribution in [-0.4, -0.2) is 11.9 Å². The van der Waals surface area contributed by atoms with Crippen LogP contribution in [0.2, 0.25) is 5.02 Å². The van der Waals surface area contributed by atoms with Gasteiger partial charge in [0.2, 0.25) is 5.91 Å². The number of nitrogens with one attached hydrogen (secondary N) is 1. The number of nitrogens with two attached hydrogens (primary N) is 1. The van der Waals surface area contributed by atoms with Crippen LogP contribution in [0.1, 0.15) is 13.8 Å². The molecule has 1 rings (SSSR count). The fourth-order valence-electron chi connectivity index (χ4n) is 1.10. The van der Waals surface area contributed by atoms with Crippen molar-refractivity contribution in [1.82, 2.24) is 0 Å². The van der Waals surface area contributed by atoms with Crippen LogP contribution in [0.5, 0.6) is 0 Å². The molecule has 1 amide bonds. The Morgan fingerprint density at radius 3 is 2.62 bits per heavy atom. The second-order valence-corrected chi connectivity index (χ2v) is 4.30. The largest absolute Gasteiger partial charge is 0.325 e. The smallest absolute Gasteiger partial charge is 0.241 e. The van der Waals surface area contributed by atoms with Crippen molar-refractivity contribution in [2.75, 3.05) is 5.32 Å². The minimum atomic E-state index is -0.612. The van der Waals surface area contributed by atoms with Crippen molar-refractivity contribution >= 4 is 23.2 Å². The topological polar surface area (TPSA) is 55.1 Å². The number of carbonyl (C=O) groups excluding carboxylic acids is 1. The Labute approximate surface area is 98.8 Å². The quantitative estimate of drug-likeness (QED) is 0.858. The molecule has 0 fully saturated rings. The summed E-state index contributed by atoms with van der Waals surface area (Å²) in [7, 11) is 0. The van der Waals surface area contributed by atoms with Crippen molar-refractivity contribution in [2.24, 2.45) is 11.7 Å². The predicted octanol–water partition coefficient (Wildman–Crippen LogP) is 2.40. The molecule has 1 aromatic carbocycles. The van der Waals surface area contributed by atoms with E-state index in [2.05, 4.69) is 5.32 Å². The van der Waals surface area contributed by atoms with Crippen molar-refractivity contribution in [1.29, 1.82) is 0 Å². The third kappa shape index (κ3) is 3.18. The molecule has 1 atom stereocenters. The Morgan fingerprint density at radius 1 is 1.50 bits per heavy atom. The lowest BCUT2D eigenvalue weighted by atomic mass is 10.1. The number of benzene rings is 1. The SMILES string of the molecule is CC(C)[C@@H](N)C(=O)Nc1ccc(Cl)c(F)c1. The second-order valence-electron chi connectivity index (χ2n) is 3.89. The third-order valence-corrected chi connectivity index (χ3v) is 2.51. The van der Waals surface area contributed by atoms with Gasteiger partial charge in [0.25, 0.3) is 0 Å². The third-order valence-electron chi connectivity index (χ3n) is 2.21. The monoisotopic (exact) mass is 244 g/mol. The van der Waals surface area contributed by atoms with Gasteiger partial charge in [-0.3, -0.25) is 4.79 Å². The standard InChI is InChI=1S/C11H14ClFN2O/c1-6(2)10(14)11(16)15-7-3-4-8(12)9(13)5-7/h3-6,10H,14H2,1-2H3,(H,15,16)/t10-/m1/s1. The van der Waals surface area contributed by atoms with Gasteiger partial charge in [0, 0.05) is 5.69 Å². The maximum absolute atomic E-state index is 13.1. The van der Waals surface area contributed by atoms with Gasteiger partial charge in [-0.2, -0.15) is 0 Å². The minimum absolute atomic E-state index is 0.0196. The van der Waals surface area contributed by atoms with Gasteiger partial charge >= 0.3 is 0 Å². The lowest BCUT2D eigenvalue weighted by molar-refractivity contribution is -0.118. The van der Waals surface area contributed by atoms with Crippen molar-refractivity contribution < 1.29 is 9.18 Å². The van der Waals surface area contributed by atoms with Crippen LogP contribution in [0.4, 0.5) is 10.1 Å². The Hall–Kier alpha value is -1.13. The Balaban J connectivity index is 2.74. The van der Waals surface area contributed by atoms with Gasteiger partial charge in [0.1, 0.15) is 5.82 Å². The Bertz CT molecular complexity index is 396. The fraction of sp³-hybridized carbons (Fsp3) is 0.364. The van der Waals surface area contributed by atoms with Gasteiger partial charge in [-0.15, -0.1) is 0 Å². The van der Waals surface area contributed by atoms with E-state index in [9.17, 15) is 9.18 Å². The zero-order chi connectivity index (χ0) is 12.3. The molecule has 16 heavy (non-hydrogen) atoms. The fourth-order valence-corrected chi connectivity index (χ4v) is 1.22. The van der Waals surface area contributed by atoms with Gasteiger partial charge in [-0.25, -0.2) is 4.39 Å². The maximum Gasteiger partial charge on any atom is 0.241 e.